The number of aromatic amines is 1. The number of anilines is 1. The van der Waals surface area contributed by atoms with Gasteiger partial charge in [0, 0.05) is 29.4 Å². The van der Waals surface area contributed by atoms with Crippen LogP contribution in [0.5, 0.6) is 0 Å². The topological polar surface area (TPSA) is 104 Å². The molecule has 0 bridgehead atoms. The van der Waals surface area contributed by atoms with Gasteiger partial charge < -0.3 is 15.4 Å². The molecule has 0 aliphatic heterocycles. The van der Waals surface area contributed by atoms with Gasteiger partial charge >= 0.3 is 5.69 Å². The lowest BCUT2D eigenvalue weighted by Crippen LogP contribution is -2.27. The number of nitrogens with zero attached hydrogens (tertiary/aromatic N) is 2. The number of fused-ring (bicyclic) bond motifs is 1. The molecule has 0 radical (unpaired) electrons. The highest BCUT2D eigenvalue weighted by molar-refractivity contribution is 5.83. The predicted molar refractivity (Wildman–Crippen MR) is 87.4 cm³/mol. The van der Waals surface area contributed by atoms with Crippen LogP contribution in [-0.2, 0) is 6.42 Å². The zero-order valence-electron chi connectivity index (χ0n) is 12.3. The summed E-state index contributed by atoms with van der Waals surface area (Å²) in [5.41, 5.74) is 1.94. The van der Waals surface area contributed by atoms with E-state index >= 15 is 0 Å². The second-order valence-corrected chi connectivity index (χ2v) is 5.22. The number of aliphatic hydroxyl groups excluding tert-OH is 1. The minimum atomic E-state index is -0.491. The van der Waals surface area contributed by atoms with Gasteiger partial charge in [-0.15, -0.1) is 0 Å². The maximum absolute atomic E-state index is 11.0. The first-order valence-corrected chi connectivity index (χ1v) is 7.21. The number of hydrogen-bond donors (Lipinski definition) is 3. The molecule has 0 saturated heterocycles. The molecule has 3 rings (SSSR count). The third kappa shape index (κ3) is 3.14. The number of para-hydroxylation sites is 1. The van der Waals surface area contributed by atoms with Crippen LogP contribution in [0.4, 0.5) is 11.5 Å². The molecule has 0 spiro atoms. The molecule has 0 aliphatic carbocycles. The Morgan fingerprint density at radius 1 is 1.30 bits per heavy atom. The summed E-state index contributed by atoms with van der Waals surface area (Å²) in [7, 11) is 0. The summed E-state index contributed by atoms with van der Waals surface area (Å²) in [5.74, 6) is 0.163. The molecule has 1 atom stereocenters. The van der Waals surface area contributed by atoms with E-state index in [9.17, 15) is 15.2 Å². The number of nitro groups is 1. The fourth-order valence-corrected chi connectivity index (χ4v) is 2.58. The maximum Gasteiger partial charge on any atom is 0.311 e. The van der Waals surface area contributed by atoms with Crippen molar-refractivity contribution < 1.29 is 10.0 Å². The second-order valence-electron chi connectivity index (χ2n) is 5.22. The van der Waals surface area contributed by atoms with Gasteiger partial charge in [-0.3, -0.25) is 10.1 Å². The quantitative estimate of drug-likeness (QED) is 0.479. The van der Waals surface area contributed by atoms with Crippen molar-refractivity contribution in [1.82, 2.24) is 9.97 Å². The van der Waals surface area contributed by atoms with E-state index in [0.29, 0.717) is 6.42 Å². The van der Waals surface area contributed by atoms with Crippen molar-refractivity contribution in [3.63, 3.8) is 0 Å². The van der Waals surface area contributed by atoms with E-state index < -0.39 is 4.92 Å². The van der Waals surface area contributed by atoms with Gasteiger partial charge in [0.1, 0.15) is 0 Å². The standard InChI is InChI=1S/C16H16N4O3/c21-10-12(19-16-15(20(22)23)6-3-7-17-16)8-11-9-18-14-5-2-1-4-13(11)14/h1-7,9,12,18,21H,8,10H2,(H,17,19). The Morgan fingerprint density at radius 3 is 2.91 bits per heavy atom. The molecule has 118 valence electrons. The highest BCUT2D eigenvalue weighted by atomic mass is 16.6. The number of aliphatic hydroxyl groups is 1. The number of H-pyrrole nitrogens is 1. The Hall–Kier alpha value is -2.93. The normalized spacial score (nSPS) is 12.2. The Morgan fingerprint density at radius 2 is 2.13 bits per heavy atom. The zero-order chi connectivity index (χ0) is 16.2. The predicted octanol–water partition coefficient (Wildman–Crippen LogP) is 2.49. The number of pyridine rings is 1. The number of benzene rings is 1. The molecular weight excluding hydrogens is 296 g/mol. The summed E-state index contributed by atoms with van der Waals surface area (Å²) in [6.07, 6.45) is 3.89. The van der Waals surface area contributed by atoms with E-state index in [-0.39, 0.29) is 24.2 Å². The van der Waals surface area contributed by atoms with Crippen LogP contribution in [0.25, 0.3) is 10.9 Å². The zero-order valence-corrected chi connectivity index (χ0v) is 12.3. The smallest absolute Gasteiger partial charge is 0.311 e. The van der Waals surface area contributed by atoms with E-state index in [1.807, 2.05) is 30.5 Å². The van der Waals surface area contributed by atoms with Crippen molar-refractivity contribution in [2.75, 3.05) is 11.9 Å². The summed E-state index contributed by atoms with van der Waals surface area (Å²) in [6, 6.07) is 10.4. The molecule has 0 fully saturated rings. The fraction of sp³-hybridized carbons (Fsp3) is 0.188. The van der Waals surface area contributed by atoms with Gasteiger partial charge in [-0.05, 0) is 24.1 Å². The van der Waals surface area contributed by atoms with Gasteiger partial charge in [-0.1, -0.05) is 18.2 Å². The molecule has 3 N–H and O–H groups in total. The van der Waals surface area contributed by atoms with Gasteiger partial charge in [0.25, 0.3) is 0 Å². The van der Waals surface area contributed by atoms with E-state index in [1.54, 1.807) is 0 Å². The van der Waals surface area contributed by atoms with Crippen LogP contribution in [-0.4, -0.2) is 32.6 Å². The van der Waals surface area contributed by atoms with E-state index in [0.717, 1.165) is 16.5 Å². The number of nitrogens with one attached hydrogen (secondary N) is 2. The lowest BCUT2D eigenvalue weighted by Gasteiger charge is -2.16. The lowest BCUT2D eigenvalue weighted by atomic mass is 10.1. The van der Waals surface area contributed by atoms with Crippen LogP contribution in [0.1, 0.15) is 5.56 Å². The molecule has 0 aliphatic rings. The van der Waals surface area contributed by atoms with E-state index in [4.69, 9.17) is 0 Å². The van der Waals surface area contributed by atoms with Gasteiger partial charge in [0.05, 0.1) is 17.6 Å². The average Bonchev–Trinajstić information content (AvgIpc) is 2.97. The average molecular weight is 312 g/mol. The van der Waals surface area contributed by atoms with Gasteiger partial charge in [-0.25, -0.2) is 4.98 Å². The van der Waals surface area contributed by atoms with Crippen LogP contribution in [0.3, 0.4) is 0 Å². The third-order valence-electron chi connectivity index (χ3n) is 3.69. The first-order valence-electron chi connectivity index (χ1n) is 7.21. The van der Waals surface area contributed by atoms with E-state index in [1.165, 1.54) is 18.3 Å². The molecule has 1 unspecified atom stereocenters. The third-order valence-corrected chi connectivity index (χ3v) is 3.69. The number of aromatic nitrogens is 2. The van der Waals surface area contributed by atoms with Crippen LogP contribution in [0.15, 0.2) is 48.8 Å². The molecule has 2 heterocycles. The molecule has 1 aromatic carbocycles. The van der Waals surface area contributed by atoms with Crippen molar-refractivity contribution in [3.8, 4) is 0 Å². The van der Waals surface area contributed by atoms with Crippen molar-refractivity contribution >= 4 is 22.4 Å². The summed E-state index contributed by atoms with van der Waals surface area (Å²) in [6.45, 7) is -0.159. The van der Waals surface area contributed by atoms with Crippen molar-refractivity contribution in [1.29, 1.82) is 0 Å². The summed E-state index contributed by atoms with van der Waals surface area (Å²) in [5, 5.41) is 24.7. The van der Waals surface area contributed by atoms with Gasteiger partial charge in [0.15, 0.2) is 0 Å². The van der Waals surface area contributed by atoms with Crippen LogP contribution >= 0.6 is 0 Å². The van der Waals surface area contributed by atoms with Crippen LogP contribution < -0.4 is 5.32 Å². The summed E-state index contributed by atoms with van der Waals surface area (Å²) in [4.78, 5) is 17.7. The Bertz CT molecular complexity index is 831. The maximum atomic E-state index is 11.0. The van der Waals surface area contributed by atoms with Gasteiger partial charge in [-0.2, -0.15) is 0 Å². The van der Waals surface area contributed by atoms with Crippen LogP contribution in [0, 0.1) is 10.1 Å². The Balaban J connectivity index is 1.83. The lowest BCUT2D eigenvalue weighted by molar-refractivity contribution is -0.384. The Kier molecular flexibility index (Phi) is 4.20. The molecule has 0 amide bonds. The number of rotatable bonds is 6. The highest BCUT2D eigenvalue weighted by Crippen LogP contribution is 2.23. The van der Waals surface area contributed by atoms with Crippen molar-refractivity contribution in [2.45, 2.75) is 12.5 Å². The summed E-state index contributed by atoms with van der Waals surface area (Å²) >= 11 is 0. The largest absolute Gasteiger partial charge is 0.394 e. The van der Waals surface area contributed by atoms with Crippen molar-refractivity contribution in [3.05, 3.63) is 64.5 Å². The van der Waals surface area contributed by atoms with Crippen LogP contribution in [0.2, 0.25) is 0 Å². The molecule has 7 nitrogen and oxygen atoms in total. The minimum absolute atomic E-state index is 0.107. The first kappa shape index (κ1) is 15.0. The molecule has 3 aromatic rings. The fourth-order valence-electron chi connectivity index (χ4n) is 2.58. The molecule has 0 saturated carbocycles. The molecule has 2 aromatic heterocycles. The Labute approximate surface area is 132 Å². The SMILES string of the molecule is O=[N+]([O-])c1cccnc1NC(CO)Cc1c[nH]c2ccccc12. The second kappa shape index (κ2) is 6.45. The van der Waals surface area contributed by atoms with Gasteiger partial charge in [0.2, 0.25) is 5.82 Å². The number of hydrogen-bond acceptors (Lipinski definition) is 5. The minimum Gasteiger partial charge on any atom is -0.394 e. The molecule has 7 heteroatoms. The summed E-state index contributed by atoms with van der Waals surface area (Å²) < 4.78 is 0. The van der Waals surface area contributed by atoms with E-state index in [2.05, 4.69) is 15.3 Å². The highest BCUT2D eigenvalue weighted by Gasteiger charge is 2.18. The monoisotopic (exact) mass is 312 g/mol. The molecular formula is C16H16N4O3. The first-order chi connectivity index (χ1) is 11.2. The van der Waals surface area contributed by atoms with Crippen molar-refractivity contribution in [2.24, 2.45) is 0 Å². The molecule has 23 heavy (non-hydrogen) atoms.